The van der Waals surface area contributed by atoms with Gasteiger partial charge in [-0.15, -0.1) is 0 Å². The van der Waals surface area contributed by atoms with Crippen LogP contribution in [0.3, 0.4) is 0 Å². The molecule has 2 heterocycles. The molecular formula is C20H26N4O. The summed E-state index contributed by atoms with van der Waals surface area (Å²) in [5, 5.41) is 3.26. The first-order valence-electron chi connectivity index (χ1n) is 9.24. The van der Waals surface area contributed by atoms with Crippen molar-refractivity contribution in [1.29, 1.82) is 0 Å². The van der Waals surface area contributed by atoms with Gasteiger partial charge in [0.2, 0.25) is 5.91 Å². The summed E-state index contributed by atoms with van der Waals surface area (Å²) in [6.45, 7) is 7.19. The molecule has 2 aliphatic rings. The van der Waals surface area contributed by atoms with Gasteiger partial charge < -0.3 is 9.88 Å². The number of aromatic nitrogens is 2. The molecule has 1 N–H and O–H groups in total. The number of benzene rings is 1. The third-order valence-corrected chi connectivity index (χ3v) is 5.61. The molecule has 1 amide bonds. The number of aryl methyl sites for hydroxylation is 2. The number of fused-ring (bicyclic) bond motifs is 2. The largest absolute Gasteiger partial charge is 0.348 e. The summed E-state index contributed by atoms with van der Waals surface area (Å²) in [4.78, 5) is 19.4. The van der Waals surface area contributed by atoms with Gasteiger partial charge in [0.25, 0.3) is 0 Å². The van der Waals surface area contributed by atoms with Gasteiger partial charge in [0.15, 0.2) is 0 Å². The van der Waals surface area contributed by atoms with E-state index in [0.717, 1.165) is 50.4 Å². The SMILES string of the molecule is Cc1nc2n(c1C)CCN(CC(=O)N[C@H]1CCCc3ccccc31)C2. The van der Waals surface area contributed by atoms with Crippen LogP contribution in [0.25, 0.3) is 0 Å². The highest BCUT2D eigenvalue weighted by atomic mass is 16.2. The third-order valence-electron chi connectivity index (χ3n) is 5.61. The number of hydrogen-bond acceptors (Lipinski definition) is 3. The lowest BCUT2D eigenvalue weighted by Crippen LogP contribution is -2.43. The van der Waals surface area contributed by atoms with Gasteiger partial charge in [0, 0.05) is 18.8 Å². The van der Waals surface area contributed by atoms with E-state index in [-0.39, 0.29) is 11.9 Å². The van der Waals surface area contributed by atoms with Gasteiger partial charge in [0.1, 0.15) is 5.82 Å². The molecule has 0 saturated heterocycles. The molecule has 1 aromatic carbocycles. The standard InChI is InChI=1S/C20H26N4O/c1-14-15(2)24-11-10-23(12-19(24)21-14)13-20(25)22-18-9-5-7-16-6-3-4-8-17(16)18/h3-4,6,8,18H,5,7,9-13H2,1-2H3,(H,22,25)/t18-/m0/s1. The topological polar surface area (TPSA) is 50.2 Å². The Morgan fingerprint density at radius 2 is 2.12 bits per heavy atom. The molecule has 0 radical (unpaired) electrons. The van der Waals surface area contributed by atoms with E-state index < -0.39 is 0 Å². The molecule has 5 nitrogen and oxygen atoms in total. The second-order valence-corrected chi connectivity index (χ2v) is 7.27. The van der Waals surface area contributed by atoms with Crippen molar-refractivity contribution in [3.8, 4) is 0 Å². The molecular weight excluding hydrogens is 312 g/mol. The van der Waals surface area contributed by atoms with Crippen LogP contribution in [0, 0.1) is 13.8 Å². The highest BCUT2D eigenvalue weighted by Crippen LogP contribution is 2.29. The Labute approximate surface area is 149 Å². The number of imidazole rings is 1. The monoisotopic (exact) mass is 338 g/mol. The Hall–Kier alpha value is -2.14. The van der Waals surface area contributed by atoms with Gasteiger partial charge in [0.05, 0.1) is 24.8 Å². The lowest BCUT2D eigenvalue weighted by molar-refractivity contribution is -0.123. The van der Waals surface area contributed by atoms with Crippen LogP contribution in [0.5, 0.6) is 0 Å². The Morgan fingerprint density at radius 1 is 1.28 bits per heavy atom. The van der Waals surface area contributed by atoms with E-state index in [1.165, 1.54) is 16.8 Å². The van der Waals surface area contributed by atoms with Crippen molar-refractivity contribution in [3.05, 3.63) is 52.6 Å². The van der Waals surface area contributed by atoms with Crippen molar-refractivity contribution in [2.75, 3.05) is 13.1 Å². The summed E-state index contributed by atoms with van der Waals surface area (Å²) in [7, 11) is 0. The Balaban J connectivity index is 1.39. The molecule has 1 aromatic heterocycles. The van der Waals surface area contributed by atoms with Crippen molar-refractivity contribution < 1.29 is 4.79 Å². The van der Waals surface area contributed by atoms with E-state index in [9.17, 15) is 4.79 Å². The van der Waals surface area contributed by atoms with Crippen LogP contribution >= 0.6 is 0 Å². The Morgan fingerprint density at radius 3 is 3.00 bits per heavy atom. The highest BCUT2D eigenvalue weighted by molar-refractivity contribution is 5.78. The highest BCUT2D eigenvalue weighted by Gasteiger charge is 2.25. The summed E-state index contributed by atoms with van der Waals surface area (Å²) < 4.78 is 2.28. The maximum Gasteiger partial charge on any atom is 0.234 e. The zero-order chi connectivity index (χ0) is 17.4. The molecule has 1 atom stereocenters. The van der Waals surface area contributed by atoms with Gasteiger partial charge in [-0.1, -0.05) is 24.3 Å². The minimum Gasteiger partial charge on any atom is -0.348 e. The number of nitrogens with one attached hydrogen (secondary N) is 1. The third kappa shape index (κ3) is 3.21. The zero-order valence-corrected chi connectivity index (χ0v) is 15.1. The molecule has 132 valence electrons. The maximum absolute atomic E-state index is 12.6. The van der Waals surface area contributed by atoms with Crippen LogP contribution in [-0.4, -0.2) is 33.4 Å². The predicted molar refractivity (Wildman–Crippen MR) is 97.2 cm³/mol. The number of carbonyl (C=O) groups excluding carboxylic acids is 1. The fraction of sp³-hybridized carbons (Fsp3) is 0.500. The van der Waals surface area contributed by atoms with E-state index in [1.807, 2.05) is 0 Å². The number of hydrogen-bond donors (Lipinski definition) is 1. The first-order valence-corrected chi connectivity index (χ1v) is 9.24. The number of amides is 1. The molecule has 1 aliphatic heterocycles. The lowest BCUT2D eigenvalue weighted by Gasteiger charge is -2.30. The normalized spacial score (nSPS) is 20.0. The number of rotatable bonds is 3. The smallest absolute Gasteiger partial charge is 0.234 e. The van der Waals surface area contributed by atoms with Gasteiger partial charge in [-0.3, -0.25) is 9.69 Å². The Kier molecular flexibility index (Phi) is 4.34. The second kappa shape index (κ2) is 6.64. The molecule has 25 heavy (non-hydrogen) atoms. The average molecular weight is 338 g/mol. The molecule has 4 rings (SSSR count). The molecule has 0 spiro atoms. The zero-order valence-electron chi connectivity index (χ0n) is 15.1. The van der Waals surface area contributed by atoms with Crippen molar-refractivity contribution in [3.63, 3.8) is 0 Å². The van der Waals surface area contributed by atoms with Crippen molar-refractivity contribution in [2.24, 2.45) is 0 Å². The quantitative estimate of drug-likeness (QED) is 0.935. The van der Waals surface area contributed by atoms with E-state index >= 15 is 0 Å². The fourth-order valence-corrected chi connectivity index (χ4v) is 4.14. The molecule has 0 bridgehead atoms. The van der Waals surface area contributed by atoms with E-state index in [1.54, 1.807) is 0 Å². The van der Waals surface area contributed by atoms with E-state index in [0.29, 0.717) is 6.54 Å². The van der Waals surface area contributed by atoms with Crippen molar-refractivity contribution >= 4 is 5.91 Å². The van der Waals surface area contributed by atoms with E-state index in [2.05, 4.69) is 57.9 Å². The molecule has 5 heteroatoms. The van der Waals surface area contributed by atoms with E-state index in [4.69, 9.17) is 0 Å². The van der Waals surface area contributed by atoms with Gasteiger partial charge in [-0.05, 0) is 44.2 Å². The van der Waals surface area contributed by atoms with Gasteiger partial charge >= 0.3 is 0 Å². The minimum absolute atomic E-state index is 0.121. The van der Waals surface area contributed by atoms with Crippen molar-refractivity contribution in [1.82, 2.24) is 19.8 Å². The summed E-state index contributed by atoms with van der Waals surface area (Å²) in [5.41, 5.74) is 5.02. The fourth-order valence-electron chi connectivity index (χ4n) is 4.14. The summed E-state index contributed by atoms with van der Waals surface area (Å²) in [6, 6.07) is 8.65. The van der Waals surface area contributed by atoms with Crippen LogP contribution in [0.15, 0.2) is 24.3 Å². The molecule has 2 aromatic rings. The number of nitrogens with zero attached hydrogens (tertiary/aromatic N) is 3. The van der Waals surface area contributed by atoms with Crippen LogP contribution in [0.2, 0.25) is 0 Å². The predicted octanol–water partition coefficient (Wildman–Crippen LogP) is 2.51. The van der Waals surface area contributed by atoms with Crippen molar-refractivity contribution in [2.45, 2.75) is 52.2 Å². The first-order chi connectivity index (χ1) is 12.1. The van der Waals surface area contributed by atoms with Crippen LogP contribution < -0.4 is 5.32 Å². The minimum atomic E-state index is 0.121. The summed E-state index contributed by atoms with van der Waals surface area (Å²) >= 11 is 0. The Bertz CT molecular complexity index is 795. The molecule has 1 aliphatic carbocycles. The molecule has 0 saturated carbocycles. The average Bonchev–Trinajstić information content (AvgIpc) is 2.89. The molecule has 0 fully saturated rings. The van der Waals surface area contributed by atoms with Crippen LogP contribution in [0.4, 0.5) is 0 Å². The van der Waals surface area contributed by atoms with Crippen LogP contribution in [-0.2, 0) is 24.3 Å². The van der Waals surface area contributed by atoms with Gasteiger partial charge in [-0.2, -0.15) is 0 Å². The maximum atomic E-state index is 12.6. The molecule has 0 unspecified atom stereocenters. The second-order valence-electron chi connectivity index (χ2n) is 7.27. The first kappa shape index (κ1) is 16.3. The number of carbonyl (C=O) groups is 1. The van der Waals surface area contributed by atoms with Crippen LogP contribution in [0.1, 0.15) is 47.2 Å². The van der Waals surface area contributed by atoms with Gasteiger partial charge in [-0.25, -0.2) is 4.98 Å². The summed E-state index contributed by atoms with van der Waals surface area (Å²) in [6.07, 6.45) is 3.29. The summed E-state index contributed by atoms with van der Waals surface area (Å²) in [5.74, 6) is 1.20. The lowest BCUT2D eigenvalue weighted by atomic mass is 9.88.